The van der Waals surface area contributed by atoms with Gasteiger partial charge in [0.15, 0.2) is 6.10 Å². The Kier molecular flexibility index (Phi) is 67.1. The van der Waals surface area contributed by atoms with Gasteiger partial charge in [-0.1, -0.05) is 312 Å². The zero-order valence-corrected chi connectivity index (χ0v) is 60.4. The van der Waals surface area contributed by atoms with Crippen LogP contribution in [0.3, 0.4) is 0 Å². The van der Waals surface area contributed by atoms with Crippen molar-refractivity contribution in [1.29, 1.82) is 0 Å². The van der Waals surface area contributed by atoms with Gasteiger partial charge in [-0.15, -0.1) is 0 Å². The molecular formula is C82H137NO8P+. The molecule has 1 N–H and O–H groups in total. The van der Waals surface area contributed by atoms with Gasteiger partial charge in [0.1, 0.15) is 19.8 Å². The second-order valence-electron chi connectivity index (χ2n) is 25.2. The Morgan fingerprint density at radius 2 is 0.587 bits per heavy atom. The van der Waals surface area contributed by atoms with Gasteiger partial charge in [-0.3, -0.25) is 18.6 Å². The average molecular weight is 1300 g/mol. The van der Waals surface area contributed by atoms with E-state index in [-0.39, 0.29) is 32.0 Å². The average Bonchev–Trinajstić information content (AvgIpc) is 2.23. The largest absolute Gasteiger partial charge is 0.472 e. The van der Waals surface area contributed by atoms with Gasteiger partial charge in [0.05, 0.1) is 27.7 Å². The summed E-state index contributed by atoms with van der Waals surface area (Å²) in [5.41, 5.74) is 0. The van der Waals surface area contributed by atoms with Crippen molar-refractivity contribution in [3.63, 3.8) is 0 Å². The molecule has 0 bridgehead atoms. The van der Waals surface area contributed by atoms with Gasteiger partial charge in [-0.25, -0.2) is 4.57 Å². The molecule has 0 heterocycles. The molecule has 0 radical (unpaired) electrons. The molecule has 92 heavy (non-hydrogen) atoms. The van der Waals surface area contributed by atoms with Crippen LogP contribution in [0.2, 0.25) is 0 Å². The van der Waals surface area contributed by atoms with Crippen LogP contribution in [0.5, 0.6) is 0 Å². The number of rotatable bonds is 66. The minimum atomic E-state index is -4.41. The Morgan fingerprint density at radius 3 is 0.870 bits per heavy atom. The summed E-state index contributed by atoms with van der Waals surface area (Å²) in [5, 5.41) is 0. The minimum Gasteiger partial charge on any atom is -0.462 e. The molecule has 9 nitrogen and oxygen atoms in total. The van der Waals surface area contributed by atoms with Gasteiger partial charge in [-0.2, -0.15) is 0 Å². The Hall–Kier alpha value is -4.63. The van der Waals surface area contributed by atoms with Crippen molar-refractivity contribution >= 4 is 19.8 Å². The molecule has 0 aromatic rings. The summed E-state index contributed by atoms with van der Waals surface area (Å²) in [4.78, 5) is 35.9. The first kappa shape index (κ1) is 87.4. The van der Waals surface area contributed by atoms with Crippen LogP contribution < -0.4 is 0 Å². The highest BCUT2D eigenvalue weighted by Gasteiger charge is 2.27. The second-order valence-corrected chi connectivity index (χ2v) is 26.7. The van der Waals surface area contributed by atoms with Crippen LogP contribution in [0, 0.1) is 0 Å². The van der Waals surface area contributed by atoms with E-state index in [4.69, 9.17) is 18.5 Å². The van der Waals surface area contributed by atoms with E-state index >= 15 is 0 Å². The zero-order valence-electron chi connectivity index (χ0n) is 59.5. The van der Waals surface area contributed by atoms with Crippen LogP contribution in [0.25, 0.3) is 0 Å². The monoisotopic (exact) mass is 1300 g/mol. The van der Waals surface area contributed by atoms with Gasteiger partial charge in [0.2, 0.25) is 0 Å². The molecule has 522 valence electrons. The van der Waals surface area contributed by atoms with Crippen molar-refractivity contribution in [2.75, 3.05) is 47.5 Å². The first-order chi connectivity index (χ1) is 45.0. The van der Waals surface area contributed by atoms with Crippen molar-refractivity contribution in [1.82, 2.24) is 0 Å². The van der Waals surface area contributed by atoms with Crippen LogP contribution in [-0.2, 0) is 32.7 Å². The van der Waals surface area contributed by atoms with E-state index < -0.39 is 26.5 Å². The number of esters is 2. The number of hydrogen-bond donors (Lipinski definition) is 1. The molecule has 0 aliphatic carbocycles. The number of unbranched alkanes of at least 4 members (excludes halogenated alkanes) is 24. The number of likely N-dealkylation sites (N-methyl/N-ethyl adjacent to an activating group) is 1. The summed E-state index contributed by atoms with van der Waals surface area (Å²) in [5.74, 6) is -0.807. The lowest BCUT2D eigenvalue weighted by Crippen LogP contribution is -2.37. The van der Waals surface area contributed by atoms with Gasteiger partial charge < -0.3 is 18.9 Å². The van der Waals surface area contributed by atoms with E-state index in [1.807, 2.05) is 21.1 Å². The number of hydrogen-bond acceptors (Lipinski definition) is 7. The Bertz CT molecular complexity index is 2160. The number of quaternary nitrogens is 1. The maximum atomic E-state index is 12.9. The van der Waals surface area contributed by atoms with E-state index in [1.54, 1.807) is 0 Å². The minimum absolute atomic E-state index is 0.0236. The summed E-state index contributed by atoms with van der Waals surface area (Å²) in [6.45, 7) is 4.20. The summed E-state index contributed by atoms with van der Waals surface area (Å²) in [7, 11) is 1.46. The molecule has 10 heteroatoms. The van der Waals surface area contributed by atoms with Crippen LogP contribution in [0.15, 0.2) is 170 Å². The molecule has 0 spiro atoms. The van der Waals surface area contributed by atoms with Gasteiger partial charge >= 0.3 is 19.8 Å². The molecular weight excluding hydrogens is 1160 g/mol. The lowest BCUT2D eigenvalue weighted by Gasteiger charge is -2.24. The van der Waals surface area contributed by atoms with E-state index in [0.29, 0.717) is 17.4 Å². The Morgan fingerprint density at radius 1 is 0.337 bits per heavy atom. The third kappa shape index (κ3) is 74.4. The van der Waals surface area contributed by atoms with Crippen LogP contribution >= 0.6 is 7.82 Å². The van der Waals surface area contributed by atoms with E-state index in [1.165, 1.54) is 116 Å². The normalized spacial score (nSPS) is 14.1. The maximum Gasteiger partial charge on any atom is 0.472 e. The zero-order chi connectivity index (χ0) is 66.9. The van der Waals surface area contributed by atoms with Crippen molar-refractivity contribution in [2.24, 2.45) is 0 Å². The standard InChI is InChI=1S/C82H136NO8P/c1-6-8-10-12-14-16-18-20-22-24-26-28-30-32-34-35-36-37-38-39-40-41-42-43-44-45-46-47-49-51-53-55-57-59-61-63-65-67-69-71-73-75-82(85)91-80(79-90-92(86,87)89-77-76-83(3,4)5)78-88-81(84)74-72-70-68-66-64-62-60-58-56-54-52-50-48-33-31-29-27-25-23-21-19-17-15-13-11-9-7-2/h8-11,14-17,20-23,26-29,32,34,36-37,39-40,42-43,45-46,49,51,80H,6-7,12-13,18-19,24-25,30-31,33,35,38,41,44,47-48,50,52-79H2,1-5H3/p+1/b10-8-,11-9-,16-14-,17-15-,22-20-,23-21-,28-26-,29-27-,34-32-,37-36-,40-39-,43-42-,46-45-,51-49-. The third-order valence-corrected chi connectivity index (χ3v) is 16.2. The van der Waals surface area contributed by atoms with Crippen LogP contribution in [-0.4, -0.2) is 74.9 Å². The number of carbonyl (C=O) groups is 2. The molecule has 2 unspecified atom stereocenters. The number of ether oxygens (including phenoxy) is 2. The topological polar surface area (TPSA) is 108 Å². The maximum absolute atomic E-state index is 12.9. The van der Waals surface area contributed by atoms with Crippen molar-refractivity contribution in [3.8, 4) is 0 Å². The van der Waals surface area contributed by atoms with Crippen LogP contribution in [0.1, 0.15) is 284 Å². The van der Waals surface area contributed by atoms with Crippen LogP contribution in [0.4, 0.5) is 0 Å². The highest BCUT2D eigenvalue weighted by Crippen LogP contribution is 2.43. The number of allylic oxidation sites excluding steroid dienone is 28. The Balaban J connectivity index is 4.08. The molecule has 0 fully saturated rings. The first-order valence-electron chi connectivity index (χ1n) is 36.9. The molecule has 2 atom stereocenters. The third-order valence-electron chi connectivity index (χ3n) is 15.2. The lowest BCUT2D eigenvalue weighted by molar-refractivity contribution is -0.870. The lowest BCUT2D eigenvalue weighted by atomic mass is 10.0. The van der Waals surface area contributed by atoms with Crippen molar-refractivity contribution < 1.29 is 42.1 Å². The Labute approximate surface area is 566 Å². The molecule has 0 aromatic carbocycles. The highest BCUT2D eigenvalue weighted by atomic mass is 31.2. The fourth-order valence-corrected chi connectivity index (χ4v) is 10.4. The molecule has 0 aromatic heterocycles. The quantitative estimate of drug-likeness (QED) is 0.0211. The summed E-state index contributed by atoms with van der Waals surface area (Å²) >= 11 is 0. The fraction of sp³-hybridized carbons (Fsp3) is 0.634. The molecule has 0 rings (SSSR count). The number of carbonyl (C=O) groups excluding carboxylic acids is 2. The summed E-state index contributed by atoms with van der Waals surface area (Å²) < 4.78 is 34.7. The molecule has 0 saturated carbocycles. The van der Waals surface area contributed by atoms with E-state index in [0.717, 1.165) is 135 Å². The number of phosphoric ester groups is 1. The van der Waals surface area contributed by atoms with Crippen molar-refractivity contribution in [2.45, 2.75) is 290 Å². The highest BCUT2D eigenvalue weighted by molar-refractivity contribution is 7.47. The molecule has 0 aliphatic rings. The molecule has 0 aliphatic heterocycles. The fourth-order valence-electron chi connectivity index (χ4n) is 9.68. The SMILES string of the molecule is CC/C=C\C/C=C\C/C=C\C/C=C\C/C=C\C/C=C\C/C=C\C/C=C\C/C=C\C/C=C\CCCCCCCCCCCCC(=O)OC(COC(=O)CCCCCCCCCCCCCCCC/C=C\C/C=C\C/C=C\C/C=C\CC)COP(=O)(O)OCC[N+](C)(C)C. The molecule has 0 saturated heterocycles. The second kappa shape index (κ2) is 70.7. The van der Waals surface area contributed by atoms with Gasteiger partial charge in [0.25, 0.3) is 0 Å². The van der Waals surface area contributed by atoms with Gasteiger partial charge in [-0.05, 0) is 128 Å². The van der Waals surface area contributed by atoms with E-state index in [9.17, 15) is 19.0 Å². The summed E-state index contributed by atoms with van der Waals surface area (Å²) in [6, 6.07) is 0. The summed E-state index contributed by atoms with van der Waals surface area (Å²) in [6.07, 6.45) is 107. The first-order valence-corrected chi connectivity index (χ1v) is 38.4. The van der Waals surface area contributed by atoms with Crippen molar-refractivity contribution in [3.05, 3.63) is 170 Å². The number of nitrogens with zero attached hydrogens (tertiary/aromatic N) is 1. The predicted molar refractivity (Wildman–Crippen MR) is 399 cm³/mol. The smallest absolute Gasteiger partial charge is 0.462 e. The van der Waals surface area contributed by atoms with Gasteiger partial charge in [0, 0.05) is 12.8 Å². The van der Waals surface area contributed by atoms with E-state index in [2.05, 4.69) is 184 Å². The molecule has 0 amide bonds. The number of phosphoric acid groups is 1. The predicted octanol–water partition coefficient (Wildman–Crippen LogP) is 24.5.